The van der Waals surface area contributed by atoms with E-state index in [1.165, 1.54) is 6.33 Å². The molecule has 1 aliphatic heterocycles. The summed E-state index contributed by atoms with van der Waals surface area (Å²) in [4.78, 5) is 6.48. The van der Waals surface area contributed by atoms with E-state index >= 15 is 0 Å². The molecule has 5 nitrogen and oxygen atoms in total. The number of aromatic nitrogens is 3. The van der Waals surface area contributed by atoms with Gasteiger partial charge in [0.15, 0.2) is 0 Å². The Bertz CT molecular complexity index is 283. The quantitative estimate of drug-likeness (QED) is 0.769. The summed E-state index contributed by atoms with van der Waals surface area (Å²) in [5.74, 6) is 0. The van der Waals surface area contributed by atoms with Crippen molar-refractivity contribution in [3.63, 3.8) is 0 Å². The van der Waals surface area contributed by atoms with Crippen LogP contribution >= 0.6 is 0 Å². The minimum Gasteiger partial charge on any atom is -0.314 e. The molecule has 15 heavy (non-hydrogen) atoms. The first-order valence-corrected chi connectivity index (χ1v) is 5.49. The molecule has 1 N–H and O–H groups in total. The summed E-state index contributed by atoms with van der Waals surface area (Å²) in [6.45, 7) is 6.46. The lowest BCUT2D eigenvalue weighted by Crippen LogP contribution is -2.45. The lowest BCUT2D eigenvalue weighted by atomic mass is 10.1. The van der Waals surface area contributed by atoms with Crippen LogP contribution in [0.4, 0.5) is 0 Å². The smallest absolute Gasteiger partial charge is 0.138 e. The highest BCUT2D eigenvalue weighted by molar-refractivity contribution is 5.00. The lowest BCUT2D eigenvalue weighted by Gasteiger charge is -2.33. The standard InChI is InChI=1S/C10H17N5/c1-2-10(9-7-12-8-13-14-9)15-5-3-11-4-6-15/h7-8,10-11H,2-6H2,1H3. The summed E-state index contributed by atoms with van der Waals surface area (Å²) >= 11 is 0. The summed E-state index contributed by atoms with van der Waals surface area (Å²) in [5.41, 5.74) is 0.988. The van der Waals surface area contributed by atoms with E-state index in [4.69, 9.17) is 0 Å². The summed E-state index contributed by atoms with van der Waals surface area (Å²) in [6, 6.07) is 0.369. The van der Waals surface area contributed by atoms with Gasteiger partial charge in [0.1, 0.15) is 6.33 Å². The Morgan fingerprint density at radius 2 is 2.27 bits per heavy atom. The summed E-state index contributed by atoms with van der Waals surface area (Å²) < 4.78 is 0. The van der Waals surface area contributed by atoms with Crippen LogP contribution in [0.3, 0.4) is 0 Å². The Balaban J connectivity index is 2.09. The van der Waals surface area contributed by atoms with Crippen LogP contribution in [0.25, 0.3) is 0 Å². The van der Waals surface area contributed by atoms with Crippen LogP contribution in [-0.4, -0.2) is 46.3 Å². The minimum absolute atomic E-state index is 0.369. The van der Waals surface area contributed by atoms with E-state index in [1.54, 1.807) is 0 Å². The topological polar surface area (TPSA) is 53.9 Å². The van der Waals surface area contributed by atoms with Crippen LogP contribution in [0.15, 0.2) is 12.5 Å². The molecule has 1 saturated heterocycles. The van der Waals surface area contributed by atoms with Crippen LogP contribution in [0.2, 0.25) is 0 Å². The number of nitrogens with zero attached hydrogens (tertiary/aromatic N) is 4. The molecule has 1 fully saturated rings. The second kappa shape index (κ2) is 5.14. The van der Waals surface area contributed by atoms with Gasteiger partial charge in [-0.05, 0) is 6.42 Å². The fraction of sp³-hybridized carbons (Fsp3) is 0.700. The molecule has 0 saturated carbocycles. The molecule has 5 heteroatoms. The Morgan fingerprint density at radius 3 is 2.87 bits per heavy atom. The van der Waals surface area contributed by atoms with Crippen molar-refractivity contribution in [2.45, 2.75) is 19.4 Å². The summed E-state index contributed by atoms with van der Waals surface area (Å²) in [7, 11) is 0. The zero-order valence-corrected chi connectivity index (χ0v) is 9.06. The van der Waals surface area contributed by atoms with Gasteiger partial charge in [-0.15, -0.1) is 5.10 Å². The Hall–Kier alpha value is -1.07. The zero-order chi connectivity index (χ0) is 10.5. The maximum atomic E-state index is 4.15. The van der Waals surface area contributed by atoms with E-state index in [0.717, 1.165) is 38.3 Å². The van der Waals surface area contributed by atoms with Gasteiger partial charge in [-0.2, -0.15) is 5.10 Å². The molecule has 0 bridgehead atoms. The van der Waals surface area contributed by atoms with Gasteiger partial charge < -0.3 is 5.32 Å². The van der Waals surface area contributed by atoms with Crippen molar-refractivity contribution >= 4 is 0 Å². The van der Waals surface area contributed by atoms with Crippen molar-refractivity contribution < 1.29 is 0 Å². The Kier molecular flexibility index (Phi) is 3.58. The highest BCUT2D eigenvalue weighted by atomic mass is 15.2. The van der Waals surface area contributed by atoms with Gasteiger partial charge in [0.05, 0.1) is 17.9 Å². The van der Waals surface area contributed by atoms with E-state index < -0.39 is 0 Å². The highest BCUT2D eigenvalue weighted by Crippen LogP contribution is 2.21. The molecule has 2 rings (SSSR count). The van der Waals surface area contributed by atoms with E-state index in [-0.39, 0.29) is 0 Å². The highest BCUT2D eigenvalue weighted by Gasteiger charge is 2.21. The molecule has 0 spiro atoms. The van der Waals surface area contributed by atoms with Gasteiger partial charge in [-0.1, -0.05) is 6.92 Å². The van der Waals surface area contributed by atoms with Crippen molar-refractivity contribution in [2.75, 3.05) is 26.2 Å². The first kappa shape index (κ1) is 10.4. The maximum absolute atomic E-state index is 4.15. The fourth-order valence-corrected chi connectivity index (χ4v) is 2.06. The van der Waals surface area contributed by atoms with Crippen LogP contribution in [0, 0.1) is 0 Å². The Labute approximate surface area is 89.9 Å². The predicted octanol–water partition coefficient (Wildman–Crippen LogP) is 0.228. The molecule has 1 aliphatic rings. The molecule has 0 radical (unpaired) electrons. The maximum Gasteiger partial charge on any atom is 0.138 e. The van der Waals surface area contributed by atoms with Gasteiger partial charge in [0.2, 0.25) is 0 Å². The molecule has 2 heterocycles. The first-order valence-electron chi connectivity index (χ1n) is 5.49. The van der Waals surface area contributed by atoms with E-state index in [9.17, 15) is 0 Å². The number of hydrogen-bond acceptors (Lipinski definition) is 5. The molecule has 1 atom stereocenters. The van der Waals surface area contributed by atoms with Crippen LogP contribution < -0.4 is 5.32 Å². The van der Waals surface area contributed by atoms with Crippen LogP contribution in [0.1, 0.15) is 25.1 Å². The predicted molar refractivity (Wildman–Crippen MR) is 57.3 cm³/mol. The van der Waals surface area contributed by atoms with Crippen LogP contribution in [-0.2, 0) is 0 Å². The van der Waals surface area contributed by atoms with E-state index in [1.807, 2.05) is 6.20 Å². The monoisotopic (exact) mass is 207 g/mol. The SMILES string of the molecule is CCC(c1cncnn1)N1CCNCC1. The van der Waals surface area contributed by atoms with Crippen molar-refractivity contribution in [1.29, 1.82) is 0 Å². The molecule has 1 aromatic heterocycles. The molecule has 0 aromatic carbocycles. The molecule has 1 aromatic rings. The van der Waals surface area contributed by atoms with Gasteiger partial charge in [-0.25, -0.2) is 4.98 Å². The molecule has 0 amide bonds. The van der Waals surface area contributed by atoms with Gasteiger partial charge >= 0.3 is 0 Å². The molecule has 82 valence electrons. The third-order valence-corrected chi connectivity index (χ3v) is 2.82. The molecular weight excluding hydrogens is 190 g/mol. The van der Waals surface area contributed by atoms with Crippen molar-refractivity contribution in [2.24, 2.45) is 0 Å². The summed E-state index contributed by atoms with van der Waals surface area (Å²) in [5, 5.41) is 11.3. The van der Waals surface area contributed by atoms with Gasteiger partial charge in [0, 0.05) is 26.2 Å². The normalized spacial score (nSPS) is 20.1. The second-order valence-corrected chi connectivity index (χ2v) is 3.74. The van der Waals surface area contributed by atoms with E-state index in [0.29, 0.717) is 6.04 Å². The lowest BCUT2D eigenvalue weighted by molar-refractivity contribution is 0.165. The van der Waals surface area contributed by atoms with Gasteiger partial charge in [0.25, 0.3) is 0 Å². The van der Waals surface area contributed by atoms with Crippen molar-refractivity contribution in [1.82, 2.24) is 25.4 Å². The zero-order valence-electron chi connectivity index (χ0n) is 9.06. The average molecular weight is 207 g/mol. The van der Waals surface area contributed by atoms with Gasteiger partial charge in [-0.3, -0.25) is 4.90 Å². The summed E-state index contributed by atoms with van der Waals surface area (Å²) in [6.07, 6.45) is 4.36. The number of hydrogen-bond donors (Lipinski definition) is 1. The first-order chi connectivity index (χ1) is 7.42. The van der Waals surface area contributed by atoms with E-state index in [2.05, 4.69) is 32.3 Å². The minimum atomic E-state index is 0.369. The Morgan fingerprint density at radius 1 is 1.47 bits per heavy atom. The third kappa shape index (κ3) is 2.49. The molecule has 1 unspecified atom stereocenters. The largest absolute Gasteiger partial charge is 0.314 e. The van der Waals surface area contributed by atoms with Crippen LogP contribution in [0.5, 0.6) is 0 Å². The second-order valence-electron chi connectivity index (χ2n) is 3.74. The van der Waals surface area contributed by atoms with Crippen molar-refractivity contribution in [3.05, 3.63) is 18.2 Å². The average Bonchev–Trinajstić information content (AvgIpc) is 2.33. The third-order valence-electron chi connectivity index (χ3n) is 2.82. The van der Waals surface area contributed by atoms with Crippen molar-refractivity contribution in [3.8, 4) is 0 Å². The molecule has 0 aliphatic carbocycles. The molecular formula is C10H17N5. The number of rotatable bonds is 3. The number of piperazine rings is 1. The number of nitrogens with one attached hydrogen (secondary N) is 1. The fourth-order valence-electron chi connectivity index (χ4n) is 2.06.